The van der Waals surface area contributed by atoms with Crippen LogP contribution >= 0.6 is 0 Å². The van der Waals surface area contributed by atoms with Crippen LogP contribution in [0.4, 0.5) is 0 Å². The summed E-state index contributed by atoms with van der Waals surface area (Å²) in [7, 11) is 0. The Labute approximate surface area is 327 Å². The maximum Gasteiger partial charge on any atom is 0.224 e. The van der Waals surface area contributed by atoms with E-state index in [1.54, 1.807) is 0 Å². The fraction of sp³-hybridized carbons (Fsp3) is 1.00. The van der Waals surface area contributed by atoms with Crippen LogP contribution in [0.25, 0.3) is 0 Å². The van der Waals surface area contributed by atoms with Crippen LogP contribution < -0.4 is 0 Å². The van der Waals surface area contributed by atoms with E-state index in [9.17, 15) is 61.3 Å². The first kappa shape index (κ1) is 53.0. The fourth-order valence-corrected chi connectivity index (χ4v) is 5.79. The van der Waals surface area contributed by atoms with Crippen molar-refractivity contribution in [3.8, 4) is 0 Å². The lowest BCUT2D eigenvalue weighted by Gasteiger charge is -2.44. The molecule has 0 aliphatic carbocycles. The van der Waals surface area contributed by atoms with Crippen molar-refractivity contribution in [1.29, 1.82) is 0 Å². The van der Waals surface area contributed by atoms with Gasteiger partial charge in [0.05, 0.1) is 39.6 Å². The lowest BCUT2D eigenvalue weighted by Crippen LogP contribution is -2.63. The molecule has 4 aliphatic heterocycles. The van der Waals surface area contributed by atoms with E-state index in [2.05, 4.69) is 0 Å². The van der Waals surface area contributed by atoms with Crippen molar-refractivity contribution in [3.05, 3.63) is 0 Å². The molecule has 0 aromatic rings. The lowest BCUT2D eigenvalue weighted by molar-refractivity contribution is -0.383. The van der Waals surface area contributed by atoms with Crippen molar-refractivity contribution in [2.75, 3.05) is 46.2 Å². The Kier molecular flexibility index (Phi) is 21.9. The predicted octanol–water partition coefficient (Wildman–Crippen LogP) is -14.4. The summed E-state index contributed by atoms with van der Waals surface area (Å²) < 4.78 is 30.8. The molecular formula is C30H58O28. The molecule has 4 rings (SSSR count). The second-order valence-electron chi connectivity index (χ2n) is 13.6. The van der Waals surface area contributed by atoms with Gasteiger partial charge in [-0.05, 0) is 0 Å². The SMILES string of the molecule is OC[C@@H](O)[C@@H](O)[C@H](O)[C@H](O)CO.OC[C@H]1O[C@@](CO)(O[C@H]2O[C@H](CO)[C@@H](O)[C@H](O)[C@H]2O)[C@@H](O)[C@@H]1O.OC[C@H]1O[C@H](O[C@H]2O[C@H](CO)[C@@H](O)[C@H](O)[C@H]2O)[C@H](O)[C@@H](O)[C@@H]1O. The molecule has 0 spiro atoms. The summed E-state index contributed by atoms with van der Waals surface area (Å²) in [5, 5.41) is 205. The smallest absolute Gasteiger partial charge is 0.224 e. The largest absolute Gasteiger partial charge is 0.394 e. The summed E-state index contributed by atoms with van der Waals surface area (Å²) in [6.07, 6.45) is -34.6. The standard InChI is InChI=1S/2C12H22O11.C6H14O6/c13-1-4-6(16)8(18)9(19)11(21-4)23-12(3-15)10(20)7(17)5(2-14)22-12;13-1-3-5(15)7(17)9(19)11(21-3)23-12-10(20)8(18)6(16)4(2-14)22-12;7-1-3(9)5(11)6(12)4(10)2-8/h4-11,13-20H,1-3H2;3-20H,1-2H2;3-12H,1-2H2/t4-,5-,6-,7-,8+,9-,10+,11-,12+;3-,4-,5-,6-,7+,8+,9-,10-,11-,12-;3-,4-,5-,6-/m111/s1. The molecule has 346 valence electrons. The zero-order valence-electron chi connectivity index (χ0n) is 30.4. The zero-order chi connectivity index (χ0) is 44.4. The molecule has 28 nitrogen and oxygen atoms in total. The average Bonchev–Trinajstić information content (AvgIpc) is 3.47. The fourth-order valence-electron chi connectivity index (χ4n) is 5.79. The van der Waals surface area contributed by atoms with E-state index in [1.807, 2.05) is 0 Å². The molecule has 0 unspecified atom stereocenters. The van der Waals surface area contributed by atoms with Crippen LogP contribution in [0, 0.1) is 0 Å². The molecule has 58 heavy (non-hydrogen) atoms. The highest BCUT2D eigenvalue weighted by Gasteiger charge is 2.58. The van der Waals surface area contributed by atoms with E-state index in [1.165, 1.54) is 0 Å². The molecule has 28 heteroatoms. The monoisotopic (exact) mass is 866 g/mol. The minimum atomic E-state index is -2.22. The van der Waals surface area contributed by atoms with Crippen LogP contribution in [0.1, 0.15) is 0 Å². The minimum absolute atomic E-state index is 0.667. The molecule has 0 bridgehead atoms. The van der Waals surface area contributed by atoms with E-state index in [0.29, 0.717) is 0 Å². The molecule has 4 aliphatic rings. The highest BCUT2D eigenvalue weighted by atomic mass is 16.8. The lowest BCUT2D eigenvalue weighted by atomic mass is 9.98. The summed E-state index contributed by atoms with van der Waals surface area (Å²) in [6.45, 7) is -5.11. The third-order valence-electron chi connectivity index (χ3n) is 9.55. The number of aliphatic hydroxyl groups excluding tert-OH is 22. The summed E-state index contributed by atoms with van der Waals surface area (Å²) in [4.78, 5) is 0. The molecule has 4 heterocycles. The van der Waals surface area contributed by atoms with Gasteiger partial charge in [0.25, 0.3) is 0 Å². The maximum atomic E-state index is 10.00. The Morgan fingerprint density at radius 1 is 0.414 bits per heavy atom. The maximum absolute atomic E-state index is 10.00. The van der Waals surface area contributed by atoms with Gasteiger partial charge in [0.2, 0.25) is 5.79 Å². The van der Waals surface area contributed by atoms with Crippen LogP contribution in [0.3, 0.4) is 0 Å². The Bertz CT molecular complexity index is 1090. The van der Waals surface area contributed by atoms with Gasteiger partial charge in [-0.15, -0.1) is 0 Å². The van der Waals surface area contributed by atoms with Crippen LogP contribution in [0.15, 0.2) is 0 Å². The molecule has 0 aromatic heterocycles. The second kappa shape index (κ2) is 23.9. The van der Waals surface area contributed by atoms with Crippen LogP contribution in [-0.4, -0.2) is 299 Å². The van der Waals surface area contributed by atoms with Gasteiger partial charge in [-0.2, -0.15) is 0 Å². The average molecular weight is 867 g/mol. The molecule has 0 radical (unpaired) electrons. The summed E-state index contributed by atoms with van der Waals surface area (Å²) in [5.74, 6) is -2.22. The molecular weight excluding hydrogens is 808 g/mol. The Morgan fingerprint density at radius 3 is 1.03 bits per heavy atom. The minimum Gasteiger partial charge on any atom is -0.394 e. The van der Waals surface area contributed by atoms with Crippen molar-refractivity contribution in [2.45, 2.75) is 141 Å². The van der Waals surface area contributed by atoms with Gasteiger partial charge in [-0.25, -0.2) is 0 Å². The van der Waals surface area contributed by atoms with Gasteiger partial charge in [-0.3, -0.25) is 0 Å². The second-order valence-corrected chi connectivity index (χ2v) is 13.6. The number of rotatable bonds is 14. The number of hydrogen-bond donors (Lipinski definition) is 22. The van der Waals surface area contributed by atoms with Crippen molar-refractivity contribution < 1.29 is 141 Å². The van der Waals surface area contributed by atoms with E-state index >= 15 is 0 Å². The van der Waals surface area contributed by atoms with Gasteiger partial charge in [0, 0.05) is 0 Å². The van der Waals surface area contributed by atoms with Crippen LogP contribution in [-0.2, 0) is 28.4 Å². The molecule has 0 aromatic carbocycles. The number of hydrogen-bond acceptors (Lipinski definition) is 28. The summed E-state index contributed by atoms with van der Waals surface area (Å²) >= 11 is 0. The molecule has 0 saturated carbocycles. The summed E-state index contributed by atoms with van der Waals surface area (Å²) in [5.41, 5.74) is 0. The molecule has 23 atom stereocenters. The Hall–Kier alpha value is -1.12. The first-order chi connectivity index (χ1) is 27.2. The first-order valence-corrected chi connectivity index (χ1v) is 17.6. The van der Waals surface area contributed by atoms with Crippen molar-refractivity contribution in [1.82, 2.24) is 0 Å². The van der Waals surface area contributed by atoms with E-state index in [-0.39, 0.29) is 0 Å². The summed E-state index contributed by atoms with van der Waals surface area (Å²) in [6, 6.07) is 0. The van der Waals surface area contributed by atoms with Crippen molar-refractivity contribution in [2.24, 2.45) is 0 Å². The van der Waals surface area contributed by atoms with Gasteiger partial charge in [0.1, 0.15) is 123 Å². The van der Waals surface area contributed by atoms with Gasteiger partial charge in [-0.1, -0.05) is 0 Å². The van der Waals surface area contributed by atoms with E-state index in [0.717, 1.165) is 0 Å². The first-order valence-electron chi connectivity index (χ1n) is 17.6. The molecule has 4 saturated heterocycles. The molecule has 4 fully saturated rings. The van der Waals surface area contributed by atoms with Crippen molar-refractivity contribution in [3.63, 3.8) is 0 Å². The number of aliphatic hydroxyl groups is 22. The van der Waals surface area contributed by atoms with Crippen molar-refractivity contribution >= 4 is 0 Å². The highest BCUT2D eigenvalue weighted by molar-refractivity contribution is 4.98. The number of ether oxygens (including phenoxy) is 6. The Balaban J connectivity index is 0.000000317. The third-order valence-corrected chi connectivity index (χ3v) is 9.55. The van der Waals surface area contributed by atoms with Crippen LogP contribution in [0.2, 0.25) is 0 Å². The highest BCUT2D eigenvalue weighted by Crippen LogP contribution is 2.36. The predicted molar refractivity (Wildman–Crippen MR) is 175 cm³/mol. The Morgan fingerprint density at radius 2 is 0.741 bits per heavy atom. The topological polar surface area (TPSA) is 500 Å². The van der Waals surface area contributed by atoms with Crippen LogP contribution in [0.5, 0.6) is 0 Å². The third kappa shape index (κ3) is 12.3. The van der Waals surface area contributed by atoms with Gasteiger partial charge >= 0.3 is 0 Å². The van der Waals surface area contributed by atoms with E-state index in [4.69, 9.17) is 79.5 Å². The molecule has 0 amide bonds. The molecule has 22 N–H and O–H groups in total. The van der Waals surface area contributed by atoms with Gasteiger partial charge in [0.15, 0.2) is 18.9 Å². The quantitative estimate of drug-likeness (QED) is 0.0771. The van der Waals surface area contributed by atoms with Gasteiger partial charge < -0.3 is 141 Å². The normalized spacial score (nSPS) is 45.2. The zero-order valence-corrected chi connectivity index (χ0v) is 30.4. The van der Waals surface area contributed by atoms with E-state index < -0.39 is 187 Å².